The van der Waals surface area contributed by atoms with Gasteiger partial charge in [0, 0.05) is 15.7 Å². The van der Waals surface area contributed by atoms with Crippen LogP contribution < -0.4 is 11.1 Å². The molecule has 1 aromatic carbocycles. The molecule has 0 radical (unpaired) electrons. The highest BCUT2D eigenvalue weighted by Gasteiger charge is 2.07. The van der Waals surface area contributed by atoms with Gasteiger partial charge in [-0.1, -0.05) is 15.9 Å². The Labute approximate surface area is 107 Å². The van der Waals surface area contributed by atoms with Gasteiger partial charge < -0.3 is 15.5 Å². The number of halogens is 1. The summed E-state index contributed by atoms with van der Waals surface area (Å²) in [5.41, 5.74) is 6.72. The number of nitrogen functional groups attached to an aromatic ring is 1. The summed E-state index contributed by atoms with van der Waals surface area (Å²) >= 11 is 3.29. The van der Waals surface area contributed by atoms with E-state index in [-0.39, 0.29) is 5.91 Å². The lowest BCUT2D eigenvalue weighted by Gasteiger charge is -2.05. The number of nitrogens with two attached hydrogens (primary N) is 1. The molecule has 0 bridgehead atoms. The van der Waals surface area contributed by atoms with Crippen LogP contribution in [0.3, 0.4) is 0 Å². The second kappa shape index (κ2) is 5.05. The zero-order valence-electron chi connectivity index (χ0n) is 8.94. The molecule has 4 nitrogen and oxygen atoms in total. The smallest absolute Gasteiger partial charge is 0.251 e. The lowest BCUT2D eigenvalue weighted by atomic mass is 10.2. The second-order valence-electron chi connectivity index (χ2n) is 3.54. The van der Waals surface area contributed by atoms with Crippen LogP contribution in [0, 0.1) is 0 Å². The van der Waals surface area contributed by atoms with E-state index in [1.165, 1.54) is 0 Å². The SMILES string of the molecule is Nc1cc(Br)cc(C(=O)NCc2ccco2)c1. The third kappa shape index (κ3) is 3.10. The molecule has 88 valence electrons. The van der Waals surface area contributed by atoms with E-state index in [0.29, 0.717) is 23.6 Å². The summed E-state index contributed by atoms with van der Waals surface area (Å²) in [7, 11) is 0. The Morgan fingerprint density at radius 1 is 1.41 bits per heavy atom. The maximum absolute atomic E-state index is 11.8. The van der Waals surface area contributed by atoms with Gasteiger partial charge in [-0.05, 0) is 30.3 Å². The molecule has 0 saturated heterocycles. The molecular weight excluding hydrogens is 284 g/mol. The first-order chi connectivity index (χ1) is 8.15. The number of anilines is 1. The summed E-state index contributed by atoms with van der Waals surface area (Å²) in [5, 5.41) is 2.75. The van der Waals surface area contributed by atoms with Crippen molar-refractivity contribution in [2.24, 2.45) is 0 Å². The van der Waals surface area contributed by atoms with Crippen LogP contribution in [-0.4, -0.2) is 5.91 Å². The van der Waals surface area contributed by atoms with E-state index in [1.54, 1.807) is 36.6 Å². The van der Waals surface area contributed by atoms with Crippen LogP contribution in [0.5, 0.6) is 0 Å². The number of furan rings is 1. The quantitative estimate of drug-likeness (QED) is 0.855. The fourth-order valence-electron chi connectivity index (χ4n) is 1.43. The third-order valence-corrected chi connectivity index (χ3v) is 2.64. The number of hydrogen-bond donors (Lipinski definition) is 2. The first-order valence-corrected chi connectivity index (χ1v) is 5.81. The molecule has 2 rings (SSSR count). The molecule has 0 fully saturated rings. The number of hydrogen-bond acceptors (Lipinski definition) is 3. The Bertz CT molecular complexity index is 503. The van der Waals surface area contributed by atoms with Gasteiger partial charge in [0.2, 0.25) is 0 Å². The lowest BCUT2D eigenvalue weighted by Crippen LogP contribution is -2.22. The summed E-state index contributed by atoms with van der Waals surface area (Å²) in [5.74, 6) is 0.524. The summed E-state index contributed by atoms with van der Waals surface area (Å²) < 4.78 is 5.90. The molecule has 0 spiro atoms. The highest BCUT2D eigenvalue weighted by molar-refractivity contribution is 9.10. The molecule has 3 N–H and O–H groups in total. The molecule has 0 aliphatic heterocycles. The van der Waals surface area contributed by atoms with Crippen LogP contribution in [0.15, 0.2) is 45.5 Å². The fraction of sp³-hybridized carbons (Fsp3) is 0.0833. The van der Waals surface area contributed by atoms with Crippen LogP contribution in [0.25, 0.3) is 0 Å². The Hall–Kier alpha value is -1.75. The van der Waals surface area contributed by atoms with Crippen molar-refractivity contribution in [1.82, 2.24) is 5.32 Å². The predicted molar refractivity (Wildman–Crippen MR) is 68.4 cm³/mol. The topological polar surface area (TPSA) is 68.3 Å². The van der Waals surface area contributed by atoms with E-state index in [1.807, 2.05) is 0 Å². The molecule has 17 heavy (non-hydrogen) atoms. The molecule has 0 unspecified atom stereocenters. The Kier molecular flexibility index (Phi) is 3.49. The number of carbonyl (C=O) groups excluding carboxylic acids is 1. The minimum Gasteiger partial charge on any atom is -0.467 e. The van der Waals surface area contributed by atoms with Crippen molar-refractivity contribution in [1.29, 1.82) is 0 Å². The molecule has 0 aliphatic rings. The van der Waals surface area contributed by atoms with E-state index < -0.39 is 0 Å². The molecule has 0 aliphatic carbocycles. The molecular formula is C12H11BrN2O2. The highest BCUT2D eigenvalue weighted by atomic mass is 79.9. The molecule has 1 amide bonds. The first kappa shape index (κ1) is 11.7. The summed E-state index contributed by atoms with van der Waals surface area (Å²) in [4.78, 5) is 11.8. The monoisotopic (exact) mass is 294 g/mol. The molecule has 1 heterocycles. The highest BCUT2D eigenvalue weighted by Crippen LogP contribution is 2.17. The van der Waals surface area contributed by atoms with Gasteiger partial charge in [-0.3, -0.25) is 4.79 Å². The van der Waals surface area contributed by atoms with E-state index in [2.05, 4.69) is 21.2 Å². The van der Waals surface area contributed by atoms with Crippen molar-refractivity contribution in [2.75, 3.05) is 5.73 Å². The zero-order chi connectivity index (χ0) is 12.3. The Morgan fingerprint density at radius 3 is 2.88 bits per heavy atom. The predicted octanol–water partition coefficient (Wildman–Crippen LogP) is 2.55. The number of benzene rings is 1. The third-order valence-electron chi connectivity index (χ3n) is 2.19. The van der Waals surface area contributed by atoms with Crippen molar-refractivity contribution >= 4 is 27.5 Å². The number of carbonyl (C=O) groups is 1. The van der Waals surface area contributed by atoms with Crippen LogP contribution in [0.1, 0.15) is 16.1 Å². The lowest BCUT2D eigenvalue weighted by molar-refractivity contribution is 0.0948. The second-order valence-corrected chi connectivity index (χ2v) is 4.45. The van der Waals surface area contributed by atoms with Gasteiger partial charge in [0.15, 0.2) is 0 Å². The summed E-state index contributed by atoms with van der Waals surface area (Å²) in [6, 6.07) is 8.66. The van der Waals surface area contributed by atoms with Gasteiger partial charge in [-0.25, -0.2) is 0 Å². The van der Waals surface area contributed by atoms with E-state index in [0.717, 1.165) is 4.47 Å². The summed E-state index contributed by atoms with van der Waals surface area (Å²) in [6.45, 7) is 0.359. The number of amides is 1. The van der Waals surface area contributed by atoms with Gasteiger partial charge in [0.05, 0.1) is 12.8 Å². The summed E-state index contributed by atoms with van der Waals surface area (Å²) in [6.07, 6.45) is 1.57. The van der Waals surface area contributed by atoms with Crippen molar-refractivity contribution < 1.29 is 9.21 Å². The van der Waals surface area contributed by atoms with Crippen LogP contribution in [-0.2, 0) is 6.54 Å². The minimum absolute atomic E-state index is 0.186. The Balaban J connectivity index is 2.04. The molecule has 0 saturated carbocycles. The number of nitrogens with one attached hydrogen (secondary N) is 1. The zero-order valence-corrected chi connectivity index (χ0v) is 10.5. The average molecular weight is 295 g/mol. The Morgan fingerprint density at radius 2 is 2.24 bits per heavy atom. The molecule has 5 heteroatoms. The maximum atomic E-state index is 11.8. The van der Waals surface area contributed by atoms with Crippen molar-refractivity contribution in [2.45, 2.75) is 6.54 Å². The molecule has 2 aromatic rings. The molecule has 0 atom stereocenters. The first-order valence-electron chi connectivity index (χ1n) is 5.02. The van der Waals surface area contributed by atoms with Gasteiger partial charge in [-0.2, -0.15) is 0 Å². The average Bonchev–Trinajstić information content (AvgIpc) is 2.77. The van der Waals surface area contributed by atoms with Crippen LogP contribution >= 0.6 is 15.9 Å². The fourth-order valence-corrected chi connectivity index (χ4v) is 1.94. The van der Waals surface area contributed by atoms with E-state index in [9.17, 15) is 4.79 Å². The van der Waals surface area contributed by atoms with Crippen molar-refractivity contribution in [3.63, 3.8) is 0 Å². The normalized spacial score (nSPS) is 10.2. The van der Waals surface area contributed by atoms with Gasteiger partial charge >= 0.3 is 0 Å². The van der Waals surface area contributed by atoms with Gasteiger partial charge in [-0.15, -0.1) is 0 Å². The standard InChI is InChI=1S/C12H11BrN2O2/c13-9-4-8(5-10(14)6-9)12(16)15-7-11-2-1-3-17-11/h1-6H,7,14H2,(H,15,16). The molecule has 1 aromatic heterocycles. The minimum atomic E-state index is -0.186. The van der Waals surface area contributed by atoms with Crippen molar-refractivity contribution in [3.05, 3.63) is 52.4 Å². The van der Waals surface area contributed by atoms with Gasteiger partial charge in [0.25, 0.3) is 5.91 Å². The number of rotatable bonds is 3. The van der Waals surface area contributed by atoms with Gasteiger partial charge in [0.1, 0.15) is 5.76 Å². The maximum Gasteiger partial charge on any atom is 0.251 e. The van der Waals surface area contributed by atoms with Crippen LogP contribution in [0.2, 0.25) is 0 Å². The van der Waals surface area contributed by atoms with Crippen LogP contribution in [0.4, 0.5) is 5.69 Å². The largest absolute Gasteiger partial charge is 0.467 e. The van der Waals surface area contributed by atoms with E-state index >= 15 is 0 Å². The van der Waals surface area contributed by atoms with Crippen molar-refractivity contribution in [3.8, 4) is 0 Å². The van der Waals surface area contributed by atoms with E-state index in [4.69, 9.17) is 10.2 Å².